The molecule has 2 rings (SSSR count). The maximum atomic E-state index is 12.7. The first-order valence-electron chi connectivity index (χ1n) is 8.61. The summed E-state index contributed by atoms with van der Waals surface area (Å²) in [4.78, 5) is 12.7. The van der Waals surface area contributed by atoms with Crippen molar-refractivity contribution in [3.05, 3.63) is 12.3 Å². The predicted octanol–water partition coefficient (Wildman–Crippen LogP) is 4.84. The first-order chi connectivity index (χ1) is 10.6. The molecule has 2 fully saturated rings. The van der Waals surface area contributed by atoms with Crippen LogP contribution >= 0.6 is 15.9 Å². The molecule has 0 amide bonds. The monoisotopic (exact) mass is 372 g/mol. The Kier molecular flexibility index (Phi) is 6.36. The van der Waals surface area contributed by atoms with Crippen molar-refractivity contribution in [2.24, 2.45) is 17.8 Å². The van der Waals surface area contributed by atoms with E-state index in [1.165, 1.54) is 12.8 Å². The second-order valence-corrected chi connectivity index (χ2v) is 7.76. The van der Waals surface area contributed by atoms with Crippen LogP contribution in [0.5, 0.6) is 0 Å². The number of rotatable bonds is 7. The molecule has 1 saturated carbocycles. The van der Waals surface area contributed by atoms with Crippen LogP contribution in [0.2, 0.25) is 0 Å². The van der Waals surface area contributed by atoms with E-state index in [1.54, 1.807) is 6.26 Å². The summed E-state index contributed by atoms with van der Waals surface area (Å²) >= 11 is 3.51. The smallest absolute Gasteiger partial charge is 0.313 e. The highest BCUT2D eigenvalue weighted by molar-refractivity contribution is 9.09. The van der Waals surface area contributed by atoms with Crippen molar-refractivity contribution in [3.63, 3.8) is 0 Å². The van der Waals surface area contributed by atoms with E-state index in [-0.39, 0.29) is 23.6 Å². The van der Waals surface area contributed by atoms with E-state index < -0.39 is 0 Å². The van der Waals surface area contributed by atoms with Crippen molar-refractivity contribution in [1.82, 2.24) is 0 Å². The molecule has 0 aromatic rings. The minimum Gasteiger partial charge on any atom is -0.497 e. The van der Waals surface area contributed by atoms with Gasteiger partial charge in [-0.05, 0) is 44.9 Å². The summed E-state index contributed by atoms with van der Waals surface area (Å²) in [5, 5.41) is 0.965. The third-order valence-corrected chi connectivity index (χ3v) is 5.73. The number of esters is 1. The molecule has 2 aliphatic rings. The van der Waals surface area contributed by atoms with Gasteiger partial charge in [-0.15, -0.1) is 0 Å². The Morgan fingerprint density at radius 2 is 2.23 bits per heavy atom. The fraction of sp³-hybridized carbons (Fsp3) is 0.833. The Morgan fingerprint density at radius 3 is 2.86 bits per heavy atom. The summed E-state index contributed by atoms with van der Waals surface area (Å²) in [6, 6.07) is 0. The van der Waals surface area contributed by atoms with Gasteiger partial charge in [-0.2, -0.15) is 0 Å². The number of halogens is 1. The van der Waals surface area contributed by atoms with E-state index in [2.05, 4.69) is 29.8 Å². The van der Waals surface area contributed by atoms with Gasteiger partial charge in [-0.25, -0.2) is 0 Å². The average Bonchev–Trinajstić information content (AvgIpc) is 2.78. The van der Waals surface area contributed by atoms with Crippen LogP contribution in [-0.2, 0) is 14.3 Å². The van der Waals surface area contributed by atoms with Crippen LogP contribution < -0.4 is 0 Å². The van der Waals surface area contributed by atoms with Crippen molar-refractivity contribution >= 4 is 21.9 Å². The average molecular weight is 373 g/mol. The van der Waals surface area contributed by atoms with Gasteiger partial charge in [0.25, 0.3) is 0 Å². The number of hydrogen-bond acceptors (Lipinski definition) is 3. The third kappa shape index (κ3) is 3.52. The van der Waals surface area contributed by atoms with Gasteiger partial charge in [0, 0.05) is 11.2 Å². The van der Waals surface area contributed by atoms with E-state index >= 15 is 0 Å². The van der Waals surface area contributed by atoms with Crippen molar-refractivity contribution in [2.75, 3.05) is 5.33 Å². The molecule has 1 heterocycles. The highest BCUT2D eigenvalue weighted by atomic mass is 79.9. The van der Waals surface area contributed by atoms with Gasteiger partial charge in [0.2, 0.25) is 0 Å². The Morgan fingerprint density at radius 1 is 1.45 bits per heavy atom. The topological polar surface area (TPSA) is 35.5 Å². The lowest BCUT2D eigenvalue weighted by atomic mass is 9.67. The van der Waals surface area contributed by atoms with Gasteiger partial charge >= 0.3 is 5.97 Å². The quantitative estimate of drug-likeness (QED) is 0.364. The number of alkyl halides is 1. The number of fused-ring (bicyclic) bond motifs is 1. The minimum atomic E-state index is -0.236. The first-order valence-corrected chi connectivity index (χ1v) is 9.73. The molecule has 1 saturated heterocycles. The number of hydrogen-bond donors (Lipinski definition) is 0. The van der Waals surface area contributed by atoms with Gasteiger partial charge in [0.1, 0.15) is 17.6 Å². The lowest BCUT2D eigenvalue weighted by Crippen LogP contribution is -2.43. The molecule has 22 heavy (non-hydrogen) atoms. The molecule has 0 N–H and O–H groups in total. The summed E-state index contributed by atoms with van der Waals surface area (Å²) in [7, 11) is 0. The van der Waals surface area contributed by atoms with Crippen LogP contribution in [0.15, 0.2) is 12.3 Å². The second-order valence-electron chi connectivity index (χ2n) is 6.97. The summed E-state index contributed by atoms with van der Waals surface area (Å²) in [6.07, 6.45) is 10.0. The summed E-state index contributed by atoms with van der Waals surface area (Å²) in [5.41, 5.74) is -0.236. The number of carbonyl (C=O) groups is 1. The van der Waals surface area contributed by atoms with Crippen LogP contribution in [-0.4, -0.2) is 23.0 Å². The summed E-state index contributed by atoms with van der Waals surface area (Å²) in [5.74, 6) is 0.449. The molecule has 3 nitrogen and oxygen atoms in total. The standard InChI is InChI=1S/C18H29BrO3/c1-4-12-21-16(13(2)3)15-14-8-5-6-9-18(14,10-7-11-19)22-17(15)20/h4,12-16H,5-11H2,1-3H3/b12-4+/t14-,15+,16-,18+/m0/s1. The first kappa shape index (κ1) is 17.8. The predicted molar refractivity (Wildman–Crippen MR) is 91.8 cm³/mol. The molecular weight excluding hydrogens is 344 g/mol. The summed E-state index contributed by atoms with van der Waals surface area (Å²) in [6.45, 7) is 6.19. The van der Waals surface area contributed by atoms with Crippen molar-refractivity contribution < 1.29 is 14.3 Å². The maximum absolute atomic E-state index is 12.7. The Hall–Kier alpha value is -0.510. The van der Waals surface area contributed by atoms with Crippen LogP contribution in [0.25, 0.3) is 0 Å². The van der Waals surface area contributed by atoms with Gasteiger partial charge in [0.05, 0.1) is 6.26 Å². The molecular formula is C18H29BrO3. The number of carbonyl (C=O) groups excluding carboxylic acids is 1. The van der Waals surface area contributed by atoms with Crippen LogP contribution in [0.4, 0.5) is 0 Å². The molecule has 4 atom stereocenters. The van der Waals surface area contributed by atoms with E-state index in [9.17, 15) is 4.79 Å². The molecule has 0 bridgehead atoms. The zero-order valence-corrected chi connectivity index (χ0v) is 15.6. The Labute approximate surface area is 142 Å². The van der Waals surface area contributed by atoms with Gasteiger partial charge in [-0.1, -0.05) is 42.3 Å². The Balaban J connectivity index is 2.24. The van der Waals surface area contributed by atoms with Gasteiger partial charge in [-0.3, -0.25) is 4.79 Å². The SMILES string of the molecule is C/C=C/O[C@@H](C(C)C)[C@@H]1C(=O)O[C@@]2(CCCBr)CCCC[C@@H]12. The molecule has 0 spiro atoms. The largest absolute Gasteiger partial charge is 0.497 e. The van der Waals surface area contributed by atoms with Crippen LogP contribution in [0.1, 0.15) is 59.3 Å². The van der Waals surface area contributed by atoms with Crippen molar-refractivity contribution in [2.45, 2.75) is 71.0 Å². The fourth-order valence-corrected chi connectivity index (χ4v) is 4.50. The molecule has 126 valence electrons. The highest BCUT2D eigenvalue weighted by Crippen LogP contribution is 2.51. The third-order valence-electron chi connectivity index (χ3n) is 5.17. The minimum absolute atomic E-state index is 0.0373. The van der Waals surface area contributed by atoms with Gasteiger partial charge < -0.3 is 9.47 Å². The number of ether oxygens (including phenoxy) is 2. The van der Waals surface area contributed by atoms with Gasteiger partial charge in [0.15, 0.2) is 0 Å². The van der Waals surface area contributed by atoms with Crippen LogP contribution in [0.3, 0.4) is 0 Å². The highest BCUT2D eigenvalue weighted by Gasteiger charge is 2.58. The molecule has 0 radical (unpaired) electrons. The molecule has 0 aromatic heterocycles. The molecule has 0 aromatic carbocycles. The normalized spacial score (nSPS) is 33.0. The van der Waals surface area contributed by atoms with Crippen molar-refractivity contribution in [3.8, 4) is 0 Å². The second kappa shape index (κ2) is 7.85. The zero-order chi connectivity index (χ0) is 16.2. The van der Waals surface area contributed by atoms with E-state index in [4.69, 9.17) is 9.47 Å². The molecule has 4 heteroatoms. The lowest BCUT2D eigenvalue weighted by molar-refractivity contribution is -0.155. The Bertz CT molecular complexity index is 407. The van der Waals surface area contributed by atoms with Crippen LogP contribution in [0, 0.1) is 17.8 Å². The molecule has 1 aliphatic carbocycles. The molecule has 1 aliphatic heterocycles. The molecule has 0 unspecified atom stereocenters. The maximum Gasteiger partial charge on any atom is 0.313 e. The van der Waals surface area contributed by atoms with Crippen molar-refractivity contribution in [1.29, 1.82) is 0 Å². The van der Waals surface area contributed by atoms with E-state index in [1.807, 2.05) is 13.0 Å². The van der Waals surface area contributed by atoms with E-state index in [0.29, 0.717) is 11.8 Å². The number of allylic oxidation sites excluding steroid dienone is 1. The summed E-state index contributed by atoms with van der Waals surface area (Å²) < 4.78 is 11.9. The fourth-order valence-electron chi connectivity index (χ4n) is 4.22. The van der Waals surface area contributed by atoms with E-state index in [0.717, 1.165) is 31.0 Å². The lowest BCUT2D eigenvalue weighted by Gasteiger charge is -2.40. The zero-order valence-electron chi connectivity index (χ0n) is 14.0.